The van der Waals surface area contributed by atoms with Gasteiger partial charge in [-0.3, -0.25) is 4.79 Å². The van der Waals surface area contributed by atoms with E-state index in [1.54, 1.807) is 18.6 Å². The molecule has 0 saturated heterocycles. The molecule has 0 aliphatic carbocycles. The zero-order valence-corrected chi connectivity index (χ0v) is 16.0. The van der Waals surface area contributed by atoms with E-state index in [1.165, 1.54) is 11.1 Å². The highest BCUT2D eigenvalue weighted by atomic mass is 35.5. The van der Waals surface area contributed by atoms with E-state index >= 15 is 0 Å². The van der Waals surface area contributed by atoms with E-state index in [2.05, 4.69) is 15.6 Å². The summed E-state index contributed by atoms with van der Waals surface area (Å²) in [6.45, 7) is 2.36. The normalized spacial score (nSPS) is 13.3. The monoisotopic (exact) mass is 400 g/mol. The lowest BCUT2D eigenvalue weighted by atomic mass is 9.98. The number of hydrogen-bond acceptors (Lipinski definition) is 3. The first kappa shape index (κ1) is 18.0. The minimum atomic E-state index is -0.160. The van der Waals surface area contributed by atoms with E-state index in [1.807, 2.05) is 34.9 Å². The maximum atomic E-state index is 12.5. The molecule has 4 rings (SSSR count). The lowest BCUT2D eigenvalue weighted by Crippen LogP contribution is -2.24. The van der Waals surface area contributed by atoms with Crippen molar-refractivity contribution in [2.24, 2.45) is 0 Å². The van der Waals surface area contributed by atoms with Gasteiger partial charge in [0, 0.05) is 34.9 Å². The molecule has 5 nitrogen and oxygen atoms in total. The van der Waals surface area contributed by atoms with Gasteiger partial charge in [-0.05, 0) is 60.0 Å². The Balaban J connectivity index is 1.45. The molecule has 1 aliphatic rings. The third-order valence-corrected chi connectivity index (χ3v) is 4.95. The maximum Gasteiger partial charge on any atom is 0.256 e. The molecule has 0 unspecified atom stereocenters. The molecule has 2 N–H and O–H groups in total. The van der Waals surface area contributed by atoms with Crippen LogP contribution >= 0.6 is 23.2 Å². The summed E-state index contributed by atoms with van der Waals surface area (Å²) in [5.74, 6) is 0.347. The summed E-state index contributed by atoms with van der Waals surface area (Å²) in [5, 5.41) is 7.37. The molecule has 0 bridgehead atoms. The molecule has 7 heteroatoms. The van der Waals surface area contributed by atoms with Gasteiger partial charge >= 0.3 is 0 Å². The molecule has 0 saturated carbocycles. The predicted octanol–water partition coefficient (Wildman–Crippen LogP) is 4.14. The second kappa shape index (κ2) is 7.72. The number of anilines is 1. The van der Waals surface area contributed by atoms with E-state index in [4.69, 9.17) is 23.2 Å². The molecule has 0 fully saturated rings. The fourth-order valence-corrected chi connectivity index (χ4v) is 3.80. The van der Waals surface area contributed by atoms with Gasteiger partial charge in [-0.2, -0.15) is 0 Å². The molecule has 1 aromatic heterocycles. The number of carbonyl (C=O) groups is 1. The van der Waals surface area contributed by atoms with Crippen LogP contribution in [0.5, 0.6) is 0 Å². The molecule has 1 amide bonds. The van der Waals surface area contributed by atoms with Gasteiger partial charge < -0.3 is 15.2 Å². The van der Waals surface area contributed by atoms with Gasteiger partial charge in [-0.25, -0.2) is 4.98 Å². The fraction of sp³-hybridized carbons (Fsp3) is 0.200. The van der Waals surface area contributed by atoms with Crippen molar-refractivity contribution in [2.75, 3.05) is 11.9 Å². The van der Waals surface area contributed by atoms with Crippen LogP contribution in [-0.4, -0.2) is 22.0 Å². The summed E-state index contributed by atoms with van der Waals surface area (Å²) in [6.07, 6.45) is 4.39. The van der Waals surface area contributed by atoms with Crippen molar-refractivity contribution in [3.05, 3.63) is 81.2 Å². The van der Waals surface area contributed by atoms with E-state index < -0.39 is 0 Å². The standard InChI is InChI=1S/C20H18Cl2N4O/c21-17-5-13(6-18(22)8-17)10-26-11-19(24-12-26)25-20(27)15-1-2-16-9-23-4-3-14(16)7-15/h1-2,5-8,11-12,23H,3-4,9-10H2,(H,25,27). The molecule has 138 valence electrons. The van der Waals surface area contributed by atoms with Crippen molar-refractivity contribution in [3.8, 4) is 0 Å². The zero-order chi connectivity index (χ0) is 18.8. The van der Waals surface area contributed by atoms with Crippen LogP contribution in [0.2, 0.25) is 10.0 Å². The van der Waals surface area contributed by atoms with Gasteiger partial charge in [0.15, 0.2) is 5.82 Å². The summed E-state index contributed by atoms with van der Waals surface area (Å²) in [6, 6.07) is 11.2. The zero-order valence-electron chi connectivity index (χ0n) is 14.5. The SMILES string of the molecule is O=C(Nc1cn(Cc2cc(Cl)cc(Cl)c2)cn1)c1ccc2c(c1)CCNC2. The third kappa shape index (κ3) is 4.33. The van der Waals surface area contributed by atoms with Crippen LogP contribution in [0, 0.1) is 0 Å². The topological polar surface area (TPSA) is 59.0 Å². The molecule has 2 aromatic carbocycles. The molecule has 27 heavy (non-hydrogen) atoms. The fourth-order valence-electron chi connectivity index (χ4n) is 3.23. The second-order valence-corrected chi connectivity index (χ2v) is 7.45. The lowest BCUT2D eigenvalue weighted by molar-refractivity contribution is 0.102. The van der Waals surface area contributed by atoms with Crippen LogP contribution < -0.4 is 10.6 Å². The van der Waals surface area contributed by atoms with Crippen LogP contribution in [0.3, 0.4) is 0 Å². The van der Waals surface area contributed by atoms with E-state index in [0.29, 0.717) is 28.0 Å². The summed E-state index contributed by atoms with van der Waals surface area (Å²) in [4.78, 5) is 16.8. The lowest BCUT2D eigenvalue weighted by Gasteiger charge is -2.17. The minimum absolute atomic E-state index is 0.160. The van der Waals surface area contributed by atoms with Crippen LogP contribution in [0.25, 0.3) is 0 Å². The van der Waals surface area contributed by atoms with Gasteiger partial charge in [-0.15, -0.1) is 0 Å². The van der Waals surface area contributed by atoms with Crippen LogP contribution in [-0.2, 0) is 19.5 Å². The number of amides is 1. The summed E-state index contributed by atoms with van der Waals surface area (Å²) in [7, 11) is 0. The highest BCUT2D eigenvalue weighted by molar-refractivity contribution is 6.34. The minimum Gasteiger partial charge on any atom is -0.331 e. The first-order valence-electron chi connectivity index (χ1n) is 8.67. The van der Waals surface area contributed by atoms with Crippen molar-refractivity contribution >= 4 is 34.9 Å². The molecule has 0 radical (unpaired) electrons. The smallest absolute Gasteiger partial charge is 0.256 e. The number of nitrogens with zero attached hydrogens (tertiary/aromatic N) is 2. The number of fused-ring (bicyclic) bond motifs is 1. The Bertz CT molecular complexity index is 979. The highest BCUT2D eigenvalue weighted by Gasteiger charge is 2.13. The number of halogens is 2. The molecule has 1 aliphatic heterocycles. The predicted molar refractivity (Wildman–Crippen MR) is 108 cm³/mol. The number of hydrogen-bond donors (Lipinski definition) is 2. The molecular weight excluding hydrogens is 383 g/mol. The molecule has 0 atom stereocenters. The number of imidazole rings is 1. The first-order chi connectivity index (χ1) is 13.1. The number of benzene rings is 2. The van der Waals surface area contributed by atoms with E-state index in [-0.39, 0.29) is 5.91 Å². The van der Waals surface area contributed by atoms with Crippen molar-refractivity contribution in [1.82, 2.24) is 14.9 Å². The quantitative estimate of drug-likeness (QED) is 0.691. The van der Waals surface area contributed by atoms with E-state index in [0.717, 1.165) is 25.1 Å². The van der Waals surface area contributed by atoms with E-state index in [9.17, 15) is 4.79 Å². The average molecular weight is 401 g/mol. The van der Waals surface area contributed by atoms with Gasteiger partial charge in [0.1, 0.15) is 0 Å². The van der Waals surface area contributed by atoms with Gasteiger partial charge in [0.25, 0.3) is 5.91 Å². The Morgan fingerprint density at radius 1 is 1.15 bits per heavy atom. The molecule has 3 aromatic rings. The Hall–Kier alpha value is -2.34. The number of aromatic nitrogens is 2. The van der Waals surface area contributed by atoms with Crippen LogP contribution in [0.15, 0.2) is 48.9 Å². The summed E-state index contributed by atoms with van der Waals surface area (Å²) < 4.78 is 1.87. The van der Waals surface area contributed by atoms with Crippen molar-refractivity contribution in [3.63, 3.8) is 0 Å². The van der Waals surface area contributed by atoms with Gasteiger partial charge in [-0.1, -0.05) is 29.3 Å². The maximum absolute atomic E-state index is 12.5. The third-order valence-electron chi connectivity index (χ3n) is 4.52. The van der Waals surface area contributed by atoms with Crippen molar-refractivity contribution in [1.29, 1.82) is 0 Å². The molecule has 2 heterocycles. The van der Waals surface area contributed by atoms with Crippen LogP contribution in [0.4, 0.5) is 5.82 Å². The molecular formula is C20H18Cl2N4O. The highest BCUT2D eigenvalue weighted by Crippen LogP contribution is 2.20. The Morgan fingerprint density at radius 2 is 1.96 bits per heavy atom. The Morgan fingerprint density at radius 3 is 2.78 bits per heavy atom. The molecule has 0 spiro atoms. The number of nitrogens with one attached hydrogen (secondary N) is 2. The first-order valence-corrected chi connectivity index (χ1v) is 9.43. The van der Waals surface area contributed by atoms with Crippen molar-refractivity contribution < 1.29 is 4.79 Å². The number of rotatable bonds is 4. The van der Waals surface area contributed by atoms with Gasteiger partial charge in [0.2, 0.25) is 0 Å². The average Bonchev–Trinajstić information content (AvgIpc) is 3.07. The largest absolute Gasteiger partial charge is 0.331 e. The van der Waals surface area contributed by atoms with Crippen molar-refractivity contribution in [2.45, 2.75) is 19.5 Å². The Labute approximate surface area is 167 Å². The van der Waals surface area contributed by atoms with Gasteiger partial charge in [0.05, 0.1) is 6.33 Å². The summed E-state index contributed by atoms with van der Waals surface area (Å²) >= 11 is 12.1. The summed E-state index contributed by atoms with van der Waals surface area (Å²) in [5.41, 5.74) is 4.09. The Kier molecular flexibility index (Phi) is 5.16. The van der Waals surface area contributed by atoms with Crippen LogP contribution in [0.1, 0.15) is 27.0 Å². The second-order valence-electron chi connectivity index (χ2n) is 6.57. The number of carbonyl (C=O) groups excluding carboxylic acids is 1.